The van der Waals surface area contributed by atoms with Crippen LogP contribution in [0.3, 0.4) is 0 Å². The number of nitrogens with one attached hydrogen (secondary N) is 2. The second kappa shape index (κ2) is 17.9. The molecule has 1 aromatic carbocycles. The highest BCUT2D eigenvalue weighted by Crippen LogP contribution is 2.35. The molecule has 66 heavy (non-hydrogen) atoms. The van der Waals surface area contributed by atoms with Crippen LogP contribution in [0.5, 0.6) is 0 Å². The van der Waals surface area contributed by atoms with Crippen LogP contribution in [0.15, 0.2) is 85.7 Å². The van der Waals surface area contributed by atoms with Crippen molar-refractivity contribution >= 4 is 34.5 Å². The number of piperidine rings is 1. The summed E-state index contributed by atoms with van der Waals surface area (Å²) in [6.45, 7) is 7.02. The van der Waals surface area contributed by atoms with Crippen LogP contribution in [0.4, 0.5) is 21.6 Å². The van der Waals surface area contributed by atoms with Crippen molar-refractivity contribution in [2.45, 2.75) is 75.3 Å². The Kier molecular flexibility index (Phi) is 11.3. The third kappa shape index (κ3) is 8.45. The van der Waals surface area contributed by atoms with Crippen LogP contribution in [0, 0.1) is 17.1 Å². The number of amides is 2. The van der Waals surface area contributed by atoms with Gasteiger partial charge in [-0.2, -0.15) is 15.5 Å². The summed E-state index contributed by atoms with van der Waals surface area (Å²) in [6.07, 6.45) is 15.9. The summed E-state index contributed by atoms with van der Waals surface area (Å²) < 4.78 is 25.4. The molecule has 5 aromatic heterocycles. The van der Waals surface area contributed by atoms with Crippen molar-refractivity contribution in [1.29, 1.82) is 5.26 Å². The summed E-state index contributed by atoms with van der Waals surface area (Å²) in [4.78, 5) is 47.8. The number of ether oxygens (including phenoxy) is 1. The van der Waals surface area contributed by atoms with Crippen LogP contribution < -0.4 is 20.4 Å². The maximum Gasteiger partial charge on any atom is 0.249 e. The van der Waals surface area contributed by atoms with E-state index in [0.717, 1.165) is 101 Å². The van der Waals surface area contributed by atoms with E-state index in [4.69, 9.17) is 19.8 Å². The van der Waals surface area contributed by atoms with Crippen LogP contribution in [-0.4, -0.2) is 133 Å². The minimum Gasteiger partial charge on any atom is -0.374 e. The maximum absolute atomic E-state index is 15.4. The van der Waals surface area contributed by atoms with Crippen LogP contribution >= 0.6 is 0 Å². The fourth-order valence-corrected chi connectivity index (χ4v) is 10.5. The Labute approximate surface area is 381 Å². The number of piperazine rings is 1. The summed E-state index contributed by atoms with van der Waals surface area (Å²) in [6, 6.07) is 17.8. The van der Waals surface area contributed by atoms with E-state index in [1.807, 2.05) is 49.1 Å². The number of fused-ring (bicyclic) bond motifs is 5. The van der Waals surface area contributed by atoms with Crippen molar-refractivity contribution in [1.82, 2.24) is 49.5 Å². The molecule has 338 valence electrons. The normalized spacial score (nSPS) is 24.0. The fourth-order valence-electron chi connectivity index (χ4n) is 10.5. The monoisotopic (exact) mass is 890 g/mol. The number of anilines is 3. The topological polar surface area (TPSA) is 178 Å². The number of pyridine rings is 2. The molecule has 3 atom stereocenters. The molecule has 0 spiro atoms. The zero-order valence-electron chi connectivity index (χ0n) is 36.5. The Morgan fingerprint density at radius 2 is 1.71 bits per heavy atom. The smallest absolute Gasteiger partial charge is 0.249 e. The molecular formula is C48H51FN14O3. The van der Waals surface area contributed by atoms with Crippen LogP contribution in [0.25, 0.3) is 28.0 Å². The molecule has 6 fully saturated rings. The zero-order valence-corrected chi connectivity index (χ0v) is 36.5. The number of carbonyl (C=O) groups is 2. The average molecular weight is 891 g/mol. The van der Waals surface area contributed by atoms with Gasteiger partial charge >= 0.3 is 0 Å². The minimum atomic E-state index is -0.559. The van der Waals surface area contributed by atoms with Gasteiger partial charge in [-0.1, -0.05) is 6.07 Å². The van der Waals surface area contributed by atoms with E-state index in [2.05, 4.69) is 63.3 Å². The first-order valence-corrected chi connectivity index (χ1v) is 23.0. The average Bonchev–Trinajstić information content (AvgIpc) is 3.92. The number of nitrogens with zero attached hydrogens (tertiary/aromatic N) is 12. The van der Waals surface area contributed by atoms with E-state index in [-0.39, 0.29) is 42.2 Å². The zero-order chi connectivity index (χ0) is 44.7. The SMILES string of the molecule is N#Cc1cnn2cc(-c3cnn(C4CCC(N5CCN(c6ccc(NC7CCC(=O)NC7=O)cc6F)CC5)CC4)c3)nc(-c3ccc(N4CC5CN(Cc6ccccn6)C(CO5)C4)nc3)c12. The van der Waals surface area contributed by atoms with Crippen molar-refractivity contribution in [3.05, 3.63) is 103 Å². The predicted molar refractivity (Wildman–Crippen MR) is 244 cm³/mol. The molecule has 6 aromatic rings. The van der Waals surface area contributed by atoms with Gasteiger partial charge < -0.3 is 19.9 Å². The lowest BCUT2D eigenvalue weighted by molar-refractivity contribution is -0.133. The molecule has 2 N–H and O–H groups in total. The highest BCUT2D eigenvalue weighted by atomic mass is 19.1. The van der Waals surface area contributed by atoms with Crippen molar-refractivity contribution in [3.63, 3.8) is 0 Å². The number of benzene rings is 1. The van der Waals surface area contributed by atoms with E-state index >= 15 is 4.39 Å². The number of imide groups is 1. The first-order chi connectivity index (χ1) is 32.3. The quantitative estimate of drug-likeness (QED) is 0.181. The summed E-state index contributed by atoms with van der Waals surface area (Å²) in [5.41, 5.74) is 6.23. The molecule has 17 nitrogen and oxygen atoms in total. The van der Waals surface area contributed by atoms with E-state index in [1.165, 1.54) is 6.07 Å². The minimum absolute atomic E-state index is 0.0691. The molecule has 2 bridgehead atoms. The van der Waals surface area contributed by atoms with Crippen molar-refractivity contribution in [2.75, 3.05) is 67.5 Å². The highest BCUT2D eigenvalue weighted by Gasteiger charge is 2.37. The molecule has 1 saturated carbocycles. The summed E-state index contributed by atoms with van der Waals surface area (Å²) in [5, 5.41) is 24.8. The van der Waals surface area contributed by atoms with Gasteiger partial charge in [0.1, 0.15) is 34.8 Å². The van der Waals surface area contributed by atoms with E-state index < -0.39 is 6.04 Å². The fraction of sp³-hybridized carbons (Fsp3) is 0.417. The van der Waals surface area contributed by atoms with Crippen molar-refractivity contribution < 1.29 is 18.7 Å². The molecule has 2 amide bonds. The lowest BCUT2D eigenvalue weighted by Gasteiger charge is -2.42. The number of hydrogen-bond donors (Lipinski definition) is 2. The van der Waals surface area contributed by atoms with E-state index in [9.17, 15) is 14.9 Å². The number of morpholine rings is 1. The van der Waals surface area contributed by atoms with Crippen LogP contribution in [-0.2, 0) is 20.9 Å². The number of aromatic nitrogens is 7. The standard InChI is InChI=1S/C48H51FN14O3/c49-40-19-34(55-41-10-13-45(64)57-48(41)65)5-11-43(40)59-17-15-58(16-18-59)36-6-8-37(9-7-36)62-24-33(23-53-62)42-29-63-47(32(20-50)22-54-63)46(56-42)31-4-12-44(52-21-31)61-26-38-30-66-39(28-61)27-60(38)25-35-3-1-2-14-51-35/h1-5,11-12,14,19,21-24,29,36-39,41,55H,6-10,13,15-18,25-28,30H2,(H,57,64,65). The van der Waals surface area contributed by atoms with Crippen LogP contribution in [0.1, 0.15) is 55.8 Å². The largest absolute Gasteiger partial charge is 0.374 e. The number of nitriles is 1. The third-order valence-electron chi connectivity index (χ3n) is 14.0. The first kappa shape index (κ1) is 41.9. The summed E-state index contributed by atoms with van der Waals surface area (Å²) in [5.74, 6) is -0.114. The van der Waals surface area contributed by atoms with Gasteiger partial charge in [-0.05, 0) is 74.6 Å². The molecule has 10 heterocycles. The van der Waals surface area contributed by atoms with Gasteiger partial charge in [0, 0.05) is 100 Å². The Bertz CT molecular complexity index is 2780. The first-order valence-electron chi connectivity index (χ1n) is 23.0. The molecule has 6 aliphatic rings. The predicted octanol–water partition coefficient (Wildman–Crippen LogP) is 4.67. The van der Waals surface area contributed by atoms with Gasteiger partial charge in [0.15, 0.2) is 0 Å². The molecule has 18 heteroatoms. The maximum atomic E-state index is 15.4. The van der Waals surface area contributed by atoms with Gasteiger partial charge in [-0.15, -0.1) is 0 Å². The molecule has 1 aliphatic carbocycles. The molecule has 5 aliphatic heterocycles. The Morgan fingerprint density at radius 3 is 2.48 bits per heavy atom. The number of halogens is 1. The Hall–Kier alpha value is -6.81. The third-order valence-corrected chi connectivity index (χ3v) is 14.0. The number of hydrogen-bond acceptors (Lipinski definition) is 14. The van der Waals surface area contributed by atoms with Gasteiger partial charge in [-0.3, -0.25) is 34.4 Å². The van der Waals surface area contributed by atoms with E-state index in [1.54, 1.807) is 22.8 Å². The van der Waals surface area contributed by atoms with Crippen molar-refractivity contribution in [3.8, 4) is 28.6 Å². The lowest BCUT2D eigenvalue weighted by atomic mass is 9.90. The van der Waals surface area contributed by atoms with Crippen molar-refractivity contribution in [2.24, 2.45) is 0 Å². The van der Waals surface area contributed by atoms with Gasteiger partial charge in [-0.25, -0.2) is 18.9 Å². The summed E-state index contributed by atoms with van der Waals surface area (Å²) >= 11 is 0. The second-order valence-electron chi connectivity index (χ2n) is 18.1. The van der Waals surface area contributed by atoms with Gasteiger partial charge in [0.2, 0.25) is 11.8 Å². The molecular weight excluding hydrogens is 840 g/mol. The lowest BCUT2D eigenvalue weighted by Crippen LogP contribution is -2.51. The Morgan fingerprint density at radius 1 is 0.848 bits per heavy atom. The Balaban J connectivity index is 0.723. The number of rotatable bonds is 10. The summed E-state index contributed by atoms with van der Waals surface area (Å²) in [7, 11) is 0. The van der Waals surface area contributed by atoms with E-state index in [0.29, 0.717) is 52.9 Å². The molecule has 5 saturated heterocycles. The molecule has 12 rings (SSSR count). The van der Waals surface area contributed by atoms with Crippen LogP contribution in [0.2, 0.25) is 0 Å². The molecule has 3 unspecified atom stereocenters. The number of carbonyl (C=O) groups excluding carboxylic acids is 2. The highest BCUT2D eigenvalue weighted by molar-refractivity contribution is 6.01. The second-order valence-corrected chi connectivity index (χ2v) is 18.1. The van der Waals surface area contributed by atoms with Gasteiger partial charge in [0.05, 0.1) is 66.2 Å². The van der Waals surface area contributed by atoms with Gasteiger partial charge in [0.25, 0.3) is 0 Å². The molecule has 0 radical (unpaired) electrons.